The lowest BCUT2D eigenvalue weighted by Gasteiger charge is -2.31. The summed E-state index contributed by atoms with van der Waals surface area (Å²) in [5.41, 5.74) is 0.487. The van der Waals surface area contributed by atoms with Crippen LogP contribution in [0.4, 0.5) is 10.1 Å². The number of benzene rings is 1. The van der Waals surface area contributed by atoms with Gasteiger partial charge in [0.05, 0.1) is 27.5 Å². The number of ether oxygens (including phenoxy) is 1. The minimum atomic E-state index is -1.06. The highest BCUT2D eigenvalue weighted by Crippen LogP contribution is 2.35. The SMILES string of the molecule is O=C(Nc1cnnc(Cl)c1)c1cc(Cl)c(Cl)cc1O[C@H]1CCC1F. The van der Waals surface area contributed by atoms with Crippen molar-refractivity contribution < 1.29 is 13.9 Å². The molecule has 126 valence electrons. The second-order valence-corrected chi connectivity index (χ2v) is 6.43. The molecule has 0 bridgehead atoms. The zero-order valence-electron chi connectivity index (χ0n) is 12.1. The molecule has 1 aliphatic carbocycles. The van der Waals surface area contributed by atoms with Gasteiger partial charge >= 0.3 is 0 Å². The van der Waals surface area contributed by atoms with E-state index in [0.717, 1.165) is 0 Å². The van der Waals surface area contributed by atoms with Crippen LogP contribution in [-0.4, -0.2) is 28.4 Å². The molecule has 9 heteroatoms. The van der Waals surface area contributed by atoms with Crippen LogP contribution in [0.15, 0.2) is 24.4 Å². The van der Waals surface area contributed by atoms with E-state index in [1.165, 1.54) is 24.4 Å². The second kappa shape index (κ2) is 7.09. The Balaban J connectivity index is 1.87. The predicted octanol–water partition coefficient (Wildman–Crippen LogP) is 4.57. The van der Waals surface area contributed by atoms with Gasteiger partial charge in [-0.15, -0.1) is 5.10 Å². The van der Waals surface area contributed by atoms with Crippen molar-refractivity contribution in [2.45, 2.75) is 25.1 Å². The molecular formula is C15H11Cl3FN3O2. The van der Waals surface area contributed by atoms with Gasteiger partial charge in [-0.05, 0) is 18.9 Å². The first-order valence-corrected chi connectivity index (χ1v) is 8.17. The number of aromatic nitrogens is 2. The summed E-state index contributed by atoms with van der Waals surface area (Å²) in [5, 5.41) is 10.4. The zero-order chi connectivity index (χ0) is 17.3. The van der Waals surface area contributed by atoms with E-state index in [9.17, 15) is 9.18 Å². The fraction of sp³-hybridized carbons (Fsp3) is 0.267. The van der Waals surface area contributed by atoms with Crippen molar-refractivity contribution in [3.05, 3.63) is 45.2 Å². The van der Waals surface area contributed by atoms with Crippen molar-refractivity contribution in [1.82, 2.24) is 10.2 Å². The molecule has 1 amide bonds. The number of carbonyl (C=O) groups excluding carboxylic acids is 1. The standard InChI is InChI=1S/C15H11Cl3FN3O2/c16-9-4-8(15(23)21-7-3-14(18)22-20-6-7)13(5-10(9)17)24-12-2-1-11(12)19/h3-6,11-12H,1-2H2,(H,21,22,23)/t11?,12-/m0/s1. The quantitative estimate of drug-likeness (QED) is 0.830. The summed E-state index contributed by atoms with van der Waals surface area (Å²) in [5.74, 6) is -0.343. The number of anilines is 1. The van der Waals surface area contributed by atoms with E-state index in [0.29, 0.717) is 18.5 Å². The van der Waals surface area contributed by atoms with Crippen LogP contribution in [0.3, 0.4) is 0 Å². The Kier molecular flexibility index (Phi) is 5.08. The first-order chi connectivity index (χ1) is 11.4. The molecule has 2 aromatic rings. The maximum absolute atomic E-state index is 13.5. The molecule has 1 aromatic carbocycles. The van der Waals surface area contributed by atoms with E-state index in [1.54, 1.807) is 0 Å². The topological polar surface area (TPSA) is 64.1 Å². The fourth-order valence-corrected chi connectivity index (χ4v) is 2.61. The lowest BCUT2D eigenvalue weighted by molar-refractivity contribution is 0.0188. The predicted molar refractivity (Wildman–Crippen MR) is 90.0 cm³/mol. The van der Waals surface area contributed by atoms with Crippen molar-refractivity contribution >= 4 is 46.4 Å². The Morgan fingerprint density at radius 2 is 1.96 bits per heavy atom. The summed E-state index contributed by atoms with van der Waals surface area (Å²) < 4.78 is 19.0. The van der Waals surface area contributed by atoms with E-state index in [1.807, 2.05) is 0 Å². The maximum atomic E-state index is 13.5. The molecule has 1 unspecified atom stereocenters. The van der Waals surface area contributed by atoms with E-state index >= 15 is 0 Å². The van der Waals surface area contributed by atoms with Crippen LogP contribution in [0, 0.1) is 0 Å². The third kappa shape index (κ3) is 3.71. The van der Waals surface area contributed by atoms with E-state index in [-0.39, 0.29) is 26.5 Å². The van der Waals surface area contributed by atoms with E-state index < -0.39 is 18.2 Å². The lowest BCUT2D eigenvalue weighted by Crippen LogP contribution is -2.38. The van der Waals surface area contributed by atoms with Gasteiger partial charge in [-0.2, -0.15) is 5.10 Å². The smallest absolute Gasteiger partial charge is 0.259 e. The third-order valence-electron chi connectivity index (χ3n) is 3.56. The van der Waals surface area contributed by atoms with Gasteiger partial charge in [-0.3, -0.25) is 4.79 Å². The van der Waals surface area contributed by atoms with Crippen LogP contribution in [0.5, 0.6) is 5.75 Å². The van der Waals surface area contributed by atoms with Crippen molar-refractivity contribution in [1.29, 1.82) is 0 Å². The molecule has 0 saturated heterocycles. The molecule has 1 fully saturated rings. The number of carbonyl (C=O) groups is 1. The number of nitrogens with zero attached hydrogens (tertiary/aromatic N) is 2. The summed E-state index contributed by atoms with van der Waals surface area (Å²) in [6.45, 7) is 0. The van der Waals surface area contributed by atoms with Crippen molar-refractivity contribution in [2.24, 2.45) is 0 Å². The second-order valence-electron chi connectivity index (χ2n) is 5.23. The van der Waals surface area contributed by atoms with Crippen molar-refractivity contribution in [3.63, 3.8) is 0 Å². The minimum Gasteiger partial charge on any atom is -0.487 e. The molecule has 0 radical (unpaired) electrons. The highest BCUT2D eigenvalue weighted by atomic mass is 35.5. The Morgan fingerprint density at radius 1 is 1.21 bits per heavy atom. The van der Waals surface area contributed by atoms with Crippen molar-refractivity contribution in [3.8, 4) is 5.75 Å². The molecule has 1 aromatic heterocycles. The molecule has 5 nitrogen and oxygen atoms in total. The fourth-order valence-electron chi connectivity index (χ4n) is 2.14. The molecular weight excluding hydrogens is 380 g/mol. The monoisotopic (exact) mass is 389 g/mol. The Morgan fingerprint density at radius 3 is 2.58 bits per heavy atom. The largest absolute Gasteiger partial charge is 0.487 e. The molecule has 1 saturated carbocycles. The normalized spacial score (nSPS) is 19.5. The van der Waals surface area contributed by atoms with E-state index in [2.05, 4.69) is 15.5 Å². The van der Waals surface area contributed by atoms with Gasteiger partial charge in [0.1, 0.15) is 18.0 Å². The Bertz CT molecular complexity index is 791. The van der Waals surface area contributed by atoms with Crippen LogP contribution in [0.1, 0.15) is 23.2 Å². The molecule has 1 heterocycles. The van der Waals surface area contributed by atoms with Crippen molar-refractivity contribution in [2.75, 3.05) is 5.32 Å². The van der Waals surface area contributed by atoms with Gasteiger partial charge in [0, 0.05) is 12.1 Å². The zero-order valence-corrected chi connectivity index (χ0v) is 14.4. The van der Waals surface area contributed by atoms with Crippen LogP contribution in [0.2, 0.25) is 15.2 Å². The average molecular weight is 391 g/mol. The minimum absolute atomic E-state index is 0.133. The van der Waals surface area contributed by atoms with Gasteiger partial charge in [-0.25, -0.2) is 4.39 Å². The summed E-state index contributed by atoms with van der Waals surface area (Å²) in [4.78, 5) is 12.5. The number of hydrogen-bond donors (Lipinski definition) is 1. The first kappa shape index (κ1) is 17.2. The molecule has 2 atom stereocenters. The molecule has 1 N–H and O–H groups in total. The molecule has 0 aliphatic heterocycles. The maximum Gasteiger partial charge on any atom is 0.259 e. The van der Waals surface area contributed by atoms with Crippen LogP contribution in [0.25, 0.3) is 0 Å². The highest BCUT2D eigenvalue weighted by Gasteiger charge is 2.33. The number of amides is 1. The number of alkyl halides is 1. The van der Waals surface area contributed by atoms with Crippen LogP contribution in [-0.2, 0) is 0 Å². The molecule has 24 heavy (non-hydrogen) atoms. The summed E-state index contributed by atoms with van der Waals surface area (Å²) in [6.07, 6.45) is 0.705. The number of nitrogens with one attached hydrogen (secondary N) is 1. The summed E-state index contributed by atoms with van der Waals surface area (Å²) in [6, 6.07) is 4.21. The summed E-state index contributed by atoms with van der Waals surface area (Å²) >= 11 is 17.7. The van der Waals surface area contributed by atoms with Gasteiger partial charge in [0.25, 0.3) is 5.91 Å². The average Bonchev–Trinajstić information content (AvgIpc) is 2.54. The van der Waals surface area contributed by atoms with Gasteiger partial charge in [-0.1, -0.05) is 34.8 Å². The number of rotatable bonds is 4. The third-order valence-corrected chi connectivity index (χ3v) is 4.47. The molecule has 3 rings (SSSR count). The summed E-state index contributed by atoms with van der Waals surface area (Å²) in [7, 11) is 0. The van der Waals surface area contributed by atoms with Crippen LogP contribution >= 0.6 is 34.8 Å². The van der Waals surface area contributed by atoms with Gasteiger partial charge in [0.2, 0.25) is 0 Å². The lowest BCUT2D eigenvalue weighted by atomic mass is 9.93. The van der Waals surface area contributed by atoms with Gasteiger partial charge in [0.15, 0.2) is 5.15 Å². The van der Waals surface area contributed by atoms with E-state index in [4.69, 9.17) is 39.5 Å². The Labute approximate surface area is 152 Å². The first-order valence-electron chi connectivity index (χ1n) is 7.03. The molecule has 0 spiro atoms. The molecule has 1 aliphatic rings. The van der Waals surface area contributed by atoms with Gasteiger partial charge < -0.3 is 10.1 Å². The Hall–Kier alpha value is -1.63. The number of halogens is 4. The highest BCUT2D eigenvalue weighted by molar-refractivity contribution is 6.42. The van der Waals surface area contributed by atoms with Crippen LogP contribution < -0.4 is 10.1 Å². The number of hydrogen-bond acceptors (Lipinski definition) is 4.